The van der Waals surface area contributed by atoms with E-state index in [4.69, 9.17) is 20.9 Å². The van der Waals surface area contributed by atoms with Crippen molar-refractivity contribution in [2.45, 2.75) is 32.7 Å². The van der Waals surface area contributed by atoms with Gasteiger partial charge in [-0.15, -0.1) is 0 Å². The lowest BCUT2D eigenvalue weighted by atomic mass is 10.1. The number of halogens is 2. The van der Waals surface area contributed by atoms with Crippen LogP contribution in [0, 0.1) is 12.7 Å². The highest BCUT2D eigenvalue weighted by Crippen LogP contribution is 2.36. The van der Waals surface area contributed by atoms with Gasteiger partial charge in [0.05, 0.1) is 35.8 Å². The van der Waals surface area contributed by atoms with E-state index in [1.54, 1.807) is 48.5 Å². The van der Waals surface area contributed by atoms with Crippen LogP contribution in [0.1, 0.15) is 47.6 Å². The van der Waals surface area contributed by atoms with Crippen molar-refractivity contribution < 1.29 is 18.4 Å². The molecule has 1 unspecified atom stereocenters. The van der Waals surface area contributed by atoms with E-state index < -0.39 is 11.9 Å². The van der Waals surface area contributed by atoms with Crippen LogP contribution in [0.25, 0.3) is 17.1 Å². The zero-order valence-corrected chi connectivity index (χ0v) is 19.9. The molecule has 0 saturated carbocycles. The van der Waals surface area contributed by atoms with E-state index in [-0.39, 0.29) is 30.0 Å². The number of aryl methyl sites for hydroxylation is 1. The minimum Gasteiger partial charge on any atom is -0.490 e. The van der Waals surface area contributed by atoms with E-state index in [0.717, 1.165) is 12.0 Å². The third-order valence-electron chi connectivity index (χ3n) is 5.88. The predicted molar refractivity (Wildman–Crippen MR) is 125 cm³/mol. The first-order valence-corrected chi connectivity index (χ1v) is 11.6. The molecule has 1 amide bonds. The van der Waals surface area contributed by atoms with Crippen LogP contribution >= 0.6 is 11.6 Å². The Balaban J connectivity index is 1.48. The number of likely N-dealkylation sites (tertiary alicyclic amines) is 1. The fraction of sp³-hybridized carbons (Fsp3) is 0.292. The number of hydrogen-bond donors (Lipinski definition) is 0. The molecule has 4 aromatic rings. The second-order valence-electron chi connectivity index (χ2n) is 8.10. The number of aromatic nitrogens is 5. The second-order valence-corrected chi connectivity index (χ2v) is 8.51. The SMILES string of the molecule is CCOc1c(F)cccc1-c1noc(C2CCCN2C(=O)c2cc(Cl)c(C)cc2-n2nccn2)n1. The van der Waals surface area contributed by atoms with Crippen LogP contribution in [-0.4, -0.2) is 49.1 Å². The molecule has 2 aromatic carbocycles. The van der Waals surface area contributed by atoms with Gasteiger partial charge in [0.15, 0.2) is 11.6 Å². The van der Waals surface area contributed by atoms with Crippen molar-refractivity contribution in [2.24, 2.45) is 0 Å². The van der Waals surface area contributed by atoms with Crippen LogP contribution in [0.4, 0.5) is 4.39 Å². The van der Waals surface area contributed by atoms with E-state index in [9.17, 15) is 9.18 Å². The normalized spacial score (nSPS) is 15.5. The van der Waals surface area contributed by atoms with Gasteiger partial charge in [0, 0.05) is 11.6 Å². The molecule has 1 aliphatic heterocycles. The minimum absolute atomic E-state index is 0.0624. The lowest BCUT2D eigenvalue weighted by Crippen LogP contribution is -2.31. The molecule has 35 heavy (non-hydrogen) atoms. The van der Waals surface area contributed by atoms with Gasteiger partial charge in [-0.2, -0.15) is 20.0 Å². The zero-order valence-electron chi connectivity index (χ0n) is 19.1. The van der Waals surface area contributed by atoms with Crippen LogP contribution in [-0.2, 0) is 0 Å². The molecule has 1 fully saturated rings. The van der Waals surface area contributed by atoms with Crippen molar-refractivity contribution in [3.05, 3.63) is 70.6 Å². The molecule has 3 heterocycles. The summed E-state index contributed by atoms with van der Waals surface area (Å²) in [7, 11) is 0. The summed E-state index contributed by atoms with van der Waals surface area (Å²) in [5.41, 5.74) is 2.08. The summed E-state index contributed by atoms with van der Waals surface area (Å²) in [5.74, 6) is -0.226. The Labute approximate surface area is 205 Å². The van der Waals surface area contributed by atoms with Crippen LogP contribution < -0.4 is 4.74 Å². The maximum absolute atomic E-state index is 14.3. The molecule has 5 rings (SSSR count). The summed E-state index contributed by atoms with van der Waals surface area (Å²) < 4.78 is 25.3. The molecule has 180 valence electrons. The van der Waals surface area contributed by atoms with Crippen LogP contribution in [0.5, 0.6) is 5.75 Å². The zero-order chi connectivity index (χ0) is 24.5. The molecule has 0 spiro atoms. The van der Waals surface area contributed by atoms with Crippen LogP contribution in [0.15, 0.2) is 47.2 Å². The average molecular weight is 497 g/mol. The Morgan fingerprint density at radius 3 is 2.86 bits per heavy atom. The number of carbonyl (C=O) groups excluding carboxylic acids is 1. The minimum atomic E-state index is -0.510. The van der Waals surface area contributed by atoms with Gasteiger partial charge in [0.2, 0.25) is 11.7 Å². The maximum Gasteiger partial charge on any atom is 0.256 e. The second kappa shape index (κ2) is 9.46. The van der Waals surface area contributed by atoms with Crippen LogP contribution in [0.2, 0.25) is 5.02 Å². The molecule has 11 heteroatoms. The number of nitrogens with zero attached hydrogens (tertiary/aromatic N) is 6. The van der Waals surface area contributed by atoms with Crippen molar-refractivity contribution in [1.82, 2.24) is 30.0 Å². The number of benzene rings is 2. The average Bonchev–Trinajstić information content (AvgIpc) is 3.62. The Bertz CT molecular complexity index is 1370. The number of rotatable bonds is 6. The van der Waals surface area contributed by atoms with Gasteiger partial charge in [-0.1, -0.05) is 22.8 Å². The van der Waals surface area contributed by atoms with Crippen molar-refractivity contribution >= 4 is 17.5 Å². The summed E-state index contributed by atoms with van der Waals surface area (Å²) in [4.78, 5) is 21.3. The molecule has 9 nitrogen and oxygen atoms in total. The Hall–Kier alpha value is -3.79. The monoisotopic (exact) mass is 496 g/mol. The van der Waals surface area contributed by atoms with Gasteiger partial charge in [-0.3, -0.25) is 4.79 Å². The molecule has 2 aromatic heterocycles. The first-order chi connectivity index (χ1) is 17.0. The maximum atomic E-state index is 14.3. The van der Waals surface area contributed by atoms with Crippen molar-refractivity contribution in [3.63, 3.8) is 0 Å². The predicted octanol–water partition coefficient (Wildman–Crippen LogP) is 4.79. The Morgan fingerprint density at radius 1 is 1.29 bits per heavy atom. The Morgan fingerprint density at radius 2 is 2.09 bits per heavy atom. The van der Waals surface area contributed by atoms with E-state index in [2.05, 4.69) is 20.3 Å². The molecular weight excluding hydrogens is 475 g/mol. The smallest absolute Gasteiger partial charge is 0.256 e. The quantitative estimate of drug-likeness (QED) is 0.378. The largest absolute Gasteiger partial charge is 0.490 e. The molecule has 1 atom stereocenters. The number of para-hydroxylation sites is 1. The summed E-state index contributed by atoms with van der Waals surface area (Å²) in [6.07, 6.45) is 4.48. The molecule has 1 saturated heterocycles. The van der Waals surface area contributed by atoms with Gasteiger partial charge in [0.1, 0.15) is 6.04 Å². The van der Waals surface area contributed by atoms with Crippen molar-refractivity contribution in [2.75, 3.05) is 13.2 Å². The Kier molecular flexibility index (Phi) is 6.21. The van der Waals surface area contributed by atoms with Gasteiger partial charge in [-0.05, 0) is 56.5 Å². The summed E-state index contributed by atoms with van der Waals surface area (Å²) in [6, 6.07) is 7.51. The fourth-order valence-corrected chi connectivity index (χ4v) is 4.38. The fourth-order valence-electron chi connectivity index (χ4n) is 4.22. The number of carbonyl (C=O) groups is 1. The van der Waals surface area contributed by atoms with E-state index in [1.165, 1.54) is 10.9 Å². The standard InChI is InChI=1S/C24H22ClFN6O3/c1-3-34-21-15(6-4-7-18(21)26)22-29-23(35-30-22)19-8-5-11-31(19)24(33)16-13-17(25)14(2)12-20(16)32-27-9-10-28-32/h4,6-7,9-10,12-13,19H,3,5,8,11H2,1-2H3. The van der Waals surface area contributed by atoms with Gasteiger partial charge < -0.3 is 14.2 Å². The highest BCUT2D eigenvalue weighted by molar-refractivity contribution is 6.31. The third-order valence-corrected chi connectivity index (χ3v) is 6.29. The number of hydrogen-bond acceptors (Lipinski definition) is 7. The lowest BCUT2D eigenvalue weighted by Gasteiger charge is -2.23. The summed E-state index contributed by atoms with van der Waals surface area (Å²) >= 11 is 6.37. The van der Waals surface area contributed by atoms with E-state index in [0.29, 0.717) is 34.8 Å². The summed E-state index contributed by atoms with van der Waals surface area (Å²) in [5, 5.41) is 12.9. The van der Waals surface area contributed by atoms with E-state index >= 15 is 0 Å². The number of amides is 1. The van der Waals surface area contributed by atoms with Gasteiger partial charge >= 0.3 is 0 Å². The molecule has 0 N–H and O–H groups in total. The number of ether oxygens (including phenoxy) is 1. The summed E-state index contributed by atoms with van der Waals surface area (Å²) in [6.45, 7) is 4.41. The molecular formula is C24H22ClFN6O3. The molecule has 0 bridgehead atoms. The molecule has 0 radical (unpaired) electrons. The third kappa shape index (κ3) is 4.25. The van der Waals surface area contributed by atoms with Crippen LogP contribution in [0.3, 0.4) is 0 Å². The topological polar surface area (TPSA) is 99.2 Å². The van der Waals surface area contributed by atoms with Crippen molar-refractivity contribution in [1.29, 1.82) is 0 Å². The molecule has 1 aliphatic rings. The molecule has 0 aliphatic carbocycles. The first-order valence-electron chi connectivity index (χ1n) is 11.2. The van der Waals surface area contributed by atoms with Crippen molar-refractivity contribution in [3.8, 4) is 22.8 Å². The lowest BCUT2D eigenvalue weighted by molar-refractivity contribution is 0.0709. The van der Waals surface area contributed by atoms with Gasteiger partial charge in [0.25, 0.3) is 5.91 Å². The van der Waals surface area contributed by atoms with Gasteiger partial charge in [-0.25, -0.2) is 4.39 Å². The van der Waals surface area contributed by atoms with E-state index in [1.807, 2.05) is 6.92 Å². The highest BCUT2D eigenvalue weighted by Gasteiger charge is 2.36. The first kappa shape index (κ1) is 23.0. The highest BCUT2D eigenvalue weighted by atomic mass is 35.5.